The predicted molar refractivity (Wildman–Crippen MR) is 96.5 cm³/mol. The van der Waals surface area contributed by atoms with Gasteiger partial charge in [-0.1, -0.05) is 0 Å². The average molecular weight is 371 g/mol. The molecular weight excluding hydrogens is 354 g/mol. The minimum atomic E-state index is -3.62. The molecule has 1 fully saturated rings. The number of H-pyrrole nitrogens is 1. The molecule has 0 saturated carbocycles. The van der Waals surface area contributed by atoms with E-state index < -0.39 is 10.0 Å². The van der Waals surface area contributed by atoms with E-state index in [0.717, 1.165) is 11.8 Å². The largest absolute Gasteiger partial charge is 0.379 e. The van der Waals surface area contributed by atoms with E-state index in [1.165, 1.54) is 4.31 Å². The van der Waals surface area contributed by atoms with Gasteiger partial charge in [0.15, 0.2) is 6.29 Å². The van der Waals surface area contributed by atoms with Crippen LogP contribution in [0.25, 0.3) is 22.2 Å². The summed E-state index contributed by atoms with van der Waals surface area (Å²) in [6, 6.07) is 8.43. The first-order chi connectivity index (χ1) is 12.6. The fourth-order valence-corrected chi connectivity index (χ4v) is 4.58. The van der Waals surface area contributed by atoms with Crippen LogP contribution >= 0.6 is 0 Å². The Balaban J connectivity index is 1.84. The van der Waals surface area contributed by atoms with Crippen molar-refractivity contribution in [1.82, 2.24) is 14.3 Å². The van der Waals surface area contributed by atoms with E-state index in [4.69, 9.17) is 4.74 Å². The SMILES string of the molecule is O=Cc1c(-c2cccnc2)[nH]c2ccc(S(=O)(=O)N3CCOCC3)cc12. The Morgan fingerprint density at radius 1 is 1.19 bits per heavy atom. The fraction of sp³-hybridized carbons (Fsp3) is 0.222. The summed E-state index contributed by atoms with van der Waals surface area (Å²) in [5, 5.41) is 0.577. The Morgan fingerprint density at radius 2 is 2.00 bits per heavy atom. The summed E-state index contributed by atoms with van der Waals surface area (Å²) < 4.78 is 32.4. The van der Waals surface area contributed by atoms with E-state index in [2.05, 4.69) is 9.97 Å². The van der Waals surface area contributed by atoms with Gasteiger partial charge in [-0.05, 0) is 30.3 Å². The second kappa shape index (κ2) is 6.64. The van der Waals surface area contributed by atoms with Crippen LogP contribution < -0.4 is 0 Å². The summed E-state index contributed by atoms with van der Waals surface area (Å²) in [4.78, 5) is 19.2. The van der Waals surface area contributed by atoms with Crippen LogP contribution in [0.1, 0.15) is 10.4 Å². The highest BCUT2D eigenvalue weighted by molar-refractivity contribution is 7.89. The number of aldehydes is 1. The minimum Gasteiger partial charge on any atom is -0.379 e. The van der Waals surface area contributed by atoms with Gasteiger partial charge in [0.1, 0.15) is 0 Å². The smallest absolute Gasteiger partial charge is 0.243 e. The van der Waals surface area contributed by atoms with Crippen molar-refractivity contribution < 1.29 is 17.9 Å². The topological polar surface area (TPSA) is 92.4 Å². The van der Waals surface area contributed by atoms with Gasteiger partial charge in [0.2, 0.25) is 10.0 Å². The van der Waals surface area contributed by atoms with Gasteiger partial charge in [0.05, 0.1) is 23.8 Å². The maximum Gasteiger partial charge on any atom is 0.243 e. The first-order valence-electron chi connectivity index (χ1n) is 8.20. The number of hydrogen-bond donors (Lipinski definition) is 1. The maximum absolute atomic E-state index is 12.9. The molecule has 0 bridgehead atoms. The van der Waals surface area contributed by atoms with Crippen LogP contribution in [-0.4, -0.2) is 55.3 Å². The lowest BCUT2D eigenvalue weighted by molar-refractivity contribution is 0.0730. The number of benzene rings is 1. The number of carbonyl (C=O) groups excluding carboxylic acids is 1. The van der Waals surface area contributed by atoms with Crippen molar-refractivity contribution in [2.24, 2.45) is 0 Å². The highest BCUT2D eigenvalue weighted by Crippen LogP contribution is 2.31. The molecule has 1 aliphatic heterocycles. The van der Waals surface area contributed by atoms with Gasteiger partial charge in [0.25, 0.3) is 0 Å². The number of aromatic nitrogens is 2. The number of fused-ring (bicyclic) bond motifs is 1. The van der Waals surface area contributed by atoms with Gasteiger partial charge < -0.3 is 9.72 Å². The number of nitrogens with one attached hydrogen (secondary N) is 1. The standard InChI is InChI=1S/C18H17N3O4S/c22-12-16-15-10-14(26(23,24)21-6-8-25-9-7-21)3-4-17(15)20-18(16)13-2-1-5-19-11-13/h1-5,10-12,20H,6-9H2. The Bertz CT molecular complexity index is 1050. The van der Waals surface area contributed by atoms with Crippen LogP contribution in [0.15, 0.2) is 47.6 Å². The van der Waals surface area contributed by atoms with E-state index in [9.17, 15) is 13.2 Å². The monoisotopic (exact) mass is 371 g/mol. The molecule has 1 saturated heterocycles. The number of nitrogens with zero attached hydrogens (tertiary/aromatic N) is 2. The molecule has 7 nitrogen and oxygen atoms in total. The number of pyridine rings is 1. The third kappa shape index (κ3) is 2.82. The molecule has 1 N–H and O–H groups in total. The maximum atomic E-state index is 12.9. The van der Waals surface area contributed by atoms with Crippen molar-refractivity contribution in [3.8, 4) is 11.3 Å². The van der Waals surface area contributed by atoms with Gasteiger partial charge >= 0.3 is 0 Å². The van der Waals surface area contributed by atoms with E-state index >= 15 is 0 Å². The highest BCUT2D eigenvalue weighted by atomic mass is 32.2. The summed E-state index contributed by atoms with van der Waals surface area (Å²) in [7, 11) is -3.62. The second-order valence-corrected chi connectivity index (χ2v) is 7.94. The number of rotatable bonds is 4. The van der Waals surface area contributed by atoms with E-state index in [-0.39, 0.29) is 4.90 Å². The van der Waals surface area contributed by atoms with E-state index in [1.54, 1.807) is 36.7 Å². The van der Waals surface area contributed by atoms with Gasteiger partial charge in [0, 0.05) is 47.5 Å². The van der Waals surface area contributed by atoms with Crippen LogP contribution in [0, 0.1) is 0 Å². The van der Waals surface area contributed by atoms with Gasteiger partial charge in [-0.15, -0.1) is 0 Å². The average Bonchev–Trinajstić information content (AvgIpc) is 3.07. The minimum absolute atomic E-state index is 0.173. The molecule has 2 aromatic heterocycles. The zero-order chi connectivity index (χ0) is 18.1. The summed E-state index contributed by atoms with van der Waals surface area (Å²) in [5.41, 5.74) is 2.52. The van der Waals surface area contributed by atoms with Crippen molar-refractivity contribution in [3.63, 3.8) is 0 Å². The lowest BCUT2D eigenvalue weighted by Crippen LogP contribution is -2.40. The molecule has 4 rings (SSSR count). The van der Waals surface area contributed by atoms with Gasteiger partial charge in [-0.2, -0.15) is 4.31 Å². The normalized spacial score (nSPS) is 16.0. The molecule has 0 atom stereocenters. The Kier molecular flexibility index (Phi) is 4.31. The first kappa shape index (κ1) is 16.9. The van der Waals surface area contributed by atoms with Gasteiger partial charge in [-0.3, -0.25) is 9.78 Å². The van der Waals surface area contributed by atoms with Crippen molar-refractivity contribution >= 4 is 27.2 Å². The van der Waals surface area contributed by atoms with E-state index in [1.807, 2.05) is 6.07 Å². The molecule has 0 radical (unpaired) electrons. The molecule has 0 unspecified atom stereocenters. The summed E-state index contributed by atoms with van der Waals surface area (Å²) in [6.45, 7) is 1.43. The number of ether oxygens (including phenoxy) is 1. The lowest BCUT2D eigenvalue weighted by atomic mass is 10.1. The second-order valence-electron chi connectivity index (χ2n) is 6.00. The van der Waals surface area contributed by atoms with Crippen molar-refractivity contribution in [2.75, 3.05) is 26.3 Å². The van der Waals surface area contributed by atoms with Crippen LogP contribution in [0.3, 0.4) is 0 Å². The quantitative estimate of drug-likeness (QED) is 0.709. The van der Waals surface area contributed by atoms with Gasteiger partial charge in [-0.25, -0.2) is 8.42 Å². The van der Waals surface area contributed by atoms with Crippen molar-refractivity contribution in [1.29, 1.82) is 0 Å². The molecule has 8 heteroatoms. The Labute approximate surface area is 150 Å². The van der Waals surface area contributed by atoms with Crippen LogP contribution in [0.4, 0.5) is 0 Å². The Morgan fingerprint density at radius 3 is 2.69 bits per heavy atom. The molecular formula is C18H17N3O4S. The zero-order valence-electron chi connectivity index (χ0n) is 13.9. The molecule has 26 heavy (non-hydrogen) atoms. The number of morpholine rings is 1. The molecule has 0 amide bonds. The fourth-order valence-electron chi connectivity index (χ4n) is 3.15. The Hall–Kier alpha value is -2.55. The zero-order valence-corrected chi connectivity index (χ0v) is 14.7. The number of sulfonamides is 1. The molecule has 0 spiro atoms. The van der Waals surface area contributed by atoms with Crippen molar-refractivity contribution in [3.05, 3.63) is 48.3 Å². The predicted octanol–water partition coefficient (Wildman–Crippen LogP) is 2.06. The van der Waals surface area contributed by atoms with Crippen LogP contribution in [0.2, 0.25) is 0 Å². The molecule has 0 aliphatic carbocycles. The molecule has 1 aliphatic rings. The van der Waals surface area contributed by atoms with Crippen molar-refractivity contribution in [2.45, 2.75) is 4.90 Å². The summed E-state index contributed by atoms with van der Waals surface area (Å²) in [5.74, 6) is 0. The first-order valence-corrected chi connectivity index (χ1v) is 9.64. The molecule has 3 heterocycles. The number of aromatic amines is 1. The number of hydrogen-bond acceptors (Lipinski definition) is 5. The van der Waals surface area contributed by atoms with Crippen LogP contribution in [0.5, 0.6) is 0 Å². The molecule has 134 valence electrons. The lowest BCUT2D eigenvalue weighted by Gasteiger charge is -2.26. The molecule has 3 aromatic rings. The third-order valence-corrected chi connectivity index (χ3v) is 6.38. The van der Waals surface area contributed by atoms with Crippen LogP contribution in [-0.2, 0) is 14.8 Å². The molecule has 1 aromatic carbocycles. The third-order valence-electron chi connectivity index (χ3n) is 4.49. The van der Waals surface area contributed by atoms with E-state index in [0.29, 0.717) is 48.5 Å². The summed E-state index contributed by atoms with van der Waals surface area (Å²) in [6.07, 6.45) is 4.05. The highest BCUT2D eigenvalue weighted by Gasteiger charge is 2.27. The summed E-state index contributed by atoms with van der Waals surface area (Å²) >= 11 is 0. The number of carbonyl (C=O) groups is 1.